The molecular weight excluding hydrogens is 1280 g/mol. The number of nitrogens with zero attached hydrogens (tertiary/aromatic N) is 5. The zero-order valence-corrected chi connectivity index (χ0v) is 60.2. The van der Waals surface area contributed by atoms with Gasteiger partial charge in [-0.05, 0) is 80.2 Å². The predicted molar refractivity (Wildman–Crippen MR) is 363 cm³/mol. The van der Waals surface area contributed by atoms with E-state index >= 15 is 0 Å². The number of aliphatic carboxylic acids is 1. The number of hydrogen-bond donors (Lipinski definition) is 5. The summed E-state index contributed by atoms with van der Waals surface area (Å²) in [5.41, 5.74) is 2.27. The van der Waals surface area contributed by atoms with Crippen molar-refractivity contribution in [1.29, 1.82) is 0 Å². The maximum Gasteiger partial charge on any atom is 0.326 e. The second-order valence-electron chi connectivity index (χ2n) is 25.9. The molecular formula is C68H106ClN9O17S. The summed E-state index contributed by atoms with van der Waals surface area (Å²) in [4.78, 5) is 128. The number of halogens is 1. The first-order chi connectivity index (χ1) is 45.3. The van der Waals surface area contributed by atoms with E-state index in [2.05, 4.69) is 21.3 Å². The number of carboxylic acid groups (broad SMARTS) is 1. The fourth-order valence-electron chi connectivity index (χ4n) is 12.1. The number of likely N-dealkylation sites (N-methyl/N-ethyl adjacent to an activating group) is 3. The van der Waals surface area contributed by atoms with Crippen LogP contribution in [-0.4, -0.2) is 235 Å². The monoisotopic (exact) mass is 1390 g/mol. The molecule has 2 aromatic carbocycles. The molecule has 26 nitrogen and oxygen atoms in total. The Balaban J connectivity index is 1.27. The van der Waals surface area contributed by atoms with Crippen molar-refractivity contribution in [2.75, 3.05) is 99.5 Å². The van der Waals surface area contributed by atoms with Crippen LogP contribution in [0.1, 0.15) is 112 Å². The van der Waals surface area contributed by atoms with Gasteiger partial charge in [0.1, 0.15) is 24.2 Å². The van der Waals surface area contributed by atoms with Crippen molar-refractivity contribution in [2.45, 2.75) is 169 Å². The summed E-state index contributed by atoms with van der Waals surface area (Å²) in [7, 11) is 4.14. The molecule has 28 heteroatoms. The van der Waals surface area contributed by atoms with Gasteiger partial charge in [-0.2, -0.15) is 8.42 Å². The Labute approximate surface area is 572 Å². The molecule has 4 rings (SSSR count). The molecule has 2 aliphatic heterocycles. The van der Waals surface area contributed by atoms with Gasteiger partial charge in [0.25, 0.3) is 15.9 Å². The van der Waals surface area contributed by atoms with Gasteiger partial charge in [-0.1, -0.05) is 123 Å². The third-order valence-electron chi connectivity index (χ3n) is 17.8. The molecule has 0 radical (unpaired) electrons. The highest BCUT2D eigenvalue weighted by Crippen LogP contribution is 2.31. The van der Waals surface area contributed by atoms with E-state index < -0.39 is 110 Å². The quantitative estimate of drug-likeness (QED) is 0.0577. The minimum absolute atomic E-state index is 0.0397. The lowest BCUT2D eigenvalue weighted by atomic mass is 9.89. The van der Waals surface area contributed by atoms with Crippen LogP contribution in [-0.2, 0) is 89.7 Å². The standard InChI is InChI=1S/C68H106ClN9O17S/c1-16-45(8)61(53(91-14)40-56(80)77-30-20-23-52(77)62(92-15)46(9)63(82)71-51(68(87)88)39-49-21-18-17-19-22-49)76(13)67(86)59(43(4)5)73-65(84)60(44(6)7)74(11)31-28-48-24-26-50(27-25-48)75(12)66(85)47(10)70-64(83)58(42(2)3)72-55(79)29-33-93-35-37-95-38-36-94-34-32-78-57(81)41-54(69)96(78,89)90/h17-19,21-22,24-27,41-47,51-53,58-62H,16,20,23,28-40H2,1-15H3,(H,70,83)(H,71,82)(H,72,79)(H,73,84)(H,87,88)/t45-,46+,47-,51+,52?,53+,58-,59-,60-,61+,62+/m0/s1. The van der Waals surface area contributed by atoms with E-state index in [0.717, 1.165) is 17.2 Å². The van der Waals surface area contributed by atoms with Crippen LogP contribution in [0.25, 0.3) is 0 Å². The van der Waals surface area contributed by atoms with Gasteiger partial charge in [-0.15, -0.1) is 0 Å². The minimum Gasteiger partial charge on any atom is -0.480 e. The van der Waals surface area contributed by atoms with Crippen molar-refractivity contribution in [3.05, 3.63) is 76.2 Å². The zero-order valence-electron chi connectivity index (χ0n) is 58.7. The summed E-state index contributed by atoms with van der Waals surface area (Å²) >= 11 is 5.60. The van der Waals surface area contributed by atoms with Crippen molar-refractivity contribution < 1.29 is 80.4 Å². The number of carbonyl (C=O) groups excluding carboxylic acids is 8. The molecule has 0 aliphatic carbocycles. The molecule has 0 spiro atoms. The van der Waals surface area contributed by atoms with Gasteiger partial charge in [-0.3, -0.25) is 43.3 Å². The molecule has 0 saturated carbocycles. The van der Waals surface area contributed by atoms with Crippen LogP contribution in [0, 0.1) is 29.6 Å². The molecule has 8 amide bonds. The number of amides is 8. The number of likely N-dealkylation sites (tertiary alicyclic amines) is 1. The van der Waals surface area contributed by atoms with Gasteiger partial charge in [-0.25, -0.2) is 9.10 Å². The van der Waals surface area contributed by atoms with E-state index in [1.807, 2.05) is 71.7 Å². The summed E-state index contributed by atoms with van der Waals surface area (Å²) in [6.07, 6.45) is 1.71. The van der Waals surface area contributed by atoms with Gasteiger partial charge in [0.2, 0.25) is 41.4 Å². The molecule has 1 fully saturated rings. The van der Waals surface area contributed by atoms with Crippen LogP contribution >= 0.6 is 11.6 Å². The van der Waals surface area contributed by atoms with E-state index in [-0.39, 0.29) is 107 Å². The second-order valence-corrected chi connectivity index (χ2v) is 28.3. The Hall–Kier alpha value is -6.59. The van der Waals surface area contributed by atoms with Crippen LogP contribution in [0.2, 0.25) is 0 Å². The van der Waals surface area contributed by atoms with Crippen molar-refractivity contribution in [3.63, 3.8) is 0 Å². The zero-order chi connectivity index (χ0) is 71.7. The lowest BCUT2D eigenvalue weighted by Gasteiger charge is -2.41. The number of carboxylic acids is 1. The van der Waals surface area contributed by atoms with Crippen molar-refractivity contribution >= 4 is 80.5 Å². The van der Waals surface area contributed by atoms with Crippen LogP contribution in [0.3, 0.4) is 0 Å². The molecule has 0 bridgehead atoms. The first kappa shape index (κ1) is 81.8. The molecule has 2 aliphatic rings. The second kappa shape index (κ2) is 39.7. The van der Waals surface area contributed by atoms with E-state index in [9.17, 15) is 56.7 Å². The molecule has 538 valence electrons. The fourth-order valence-corrected chi connectivity index (χ4v) is 13.5. The number of nitrogens with one attached hydrogen (secondary N) is 4. The normalized spacial score (nSPS) is 17.8. The van der Waals surface area contributed by atoms with E-state index in [1.54, 1.807) is 88.0 Å². The van der Waals surface area contributed by atoms with Crippen LogP contribution < -0.4 is 26.2 Å². The first-order valence-electron chi connectivity index (χ1n) is 33.2. The fraction of sp³-hybridized carbons (Fsp3) is 0.662. The van der Waals surface area contributed by atoms with Gasteiger partial charge in [0.15, 0.2) is 4.36 Å². The number of anilines is 1. The highest BCUT2D eigenvalue weighted by molar-refractivity contribution is 7.95. The highest BCUT2D eigenvalue weighted by atomic mass is 35.5. The number of benzene rings is 2. The Morgan fingerprint density at radius 1 is 0.708 bits per heavy atom. The van der Waals surface area contributed by atoms with Gasteiger partial charge < -0.3 is 64.8 Å². The van der Waals surface area contributed by atoms with Crippen molar-refractivity contribution in [1.82, 2.24) is 40.3 Å². The third kappa shape index (κ3) is 23.6. The number of ether oxygens (including phenoxy) is 5. The summed E-state index contributed by atoms with van der Waals surface area (Å²) in [6, 6.07) is 10.7. The van der Waals surface area contributed by atoms with Gasteiger partial charge >= 0.3 is 5.97 Å². The van der Waals surface area contributed by atoms with Crippen LogP contribution in [0.15, 0.2) is 65.0 Å². The van der Waals surface area contributed by atoms with Gasteiger partial charge in [0.05, 0.1) is 88.9 Å². The summed E-state index contributed by atoms with van der Waals surface area (Å²) in [5, 5.41) is 21.3. The Bertz CT molecular complexity index is 3030. The number of carbonyl (C=O) groups is 9. The average molecular weight is 1390 g/mol. The highest BCUT2D eigenvalue weighted by Gasteiger charge is 2.44. The molecule has 1 unspecified atom stereocenters. The maximum absolute atomic E-state index is 14.8. The molecule has 1 saturated heterocycles. The summed E-state index contributed by atoms with van der Waals surface area (Å²) in [6.45, 7) is 19.8. The van der Waals surface area contributed by atoms with Gasteiger partial charge in [0, 0.05) is 66.0 Å². The smallest absolute Gasteiger partial charge is 0.326 e. The van der Waals surface area contributed by atoms with E-state index in [1.165, 1.54) is 19.1 Å². The lowest BCUT2D eigenvalue weighted by molar-refractivity contribution is -0.148. The first-order valence-corrected chi connectivity index (χ1v) is 35.0. The molecule has 2 aromatic rings. The predicted octanol–water partition coefficient (Wildman–Crippen LogP) is 4.36. The number of rotatable bonds is 42. The van der Waals surface area contributed by atoms with Crippen LogP contribution in [0.5, 0.6) is 0 Å². The molecule has 11 atom stereocenters. The molecule has 5 N–H and O–H groups in total. The number of sulfonamides is 1. The lowest BCUT2D eigenvalue weighted by Crippen LogP contribution is -2.60. The maximum atomic E-state index is 14.8. The average Bonchev–Trinajstić information content (AvgIpc) is 1.54. The molecule has 2 heterocycles. The summed E-state index contributed by atoms with van der Waals surface area (Å²) in [5.74, 6) is -6.39. The minimum atomic E-state index is -4.00. The van der Waals surface area contributed by atoms with Crippen molar-refractivity contribution in [3.8, 4) is 0 Å². The number of methoxy groups -OCH3 is 2. The van der Waals surface area contributed by atoms with Crippen LogP contribution in [0.4, 0.5) is 5.69 Å². The molecule has 0 aromatic heterocycles. The SMILES string of the molecule is CC[C@H](C)[C@H]([C@@H](CC(=O)N1CCCC1[C@H](OC)[C@@H](C)C(=O)N[C@H](Cc1ccccc1)C(=O)O)OC)N(C)C(=O)[C@@H](NC(=O)[C@H](C(C)C)N(C)CCc1ccc(N(C)C(=O)[C@H](C)NC(=O)[C@@H](NC(=O)CCOCCOCCOCCN2C(=O)C=C(Cl)S2(=O)=O)C(C)C)cc1)C(C)C. The topological polar surface area (TPSA) is 318 Å². The van der Waals surface area contributed by atoms with E-state index in [4.69, 9.17) is 35.3 Å². The Morgan fingerprint density at radius 2 is 1.31 bits per heavy atom. The molecule has 96 heavy (non-hydrogen) atoms. The summed E-state index contributed by atoms with van der Waals surface area (Å²) < 4.78 is 52.4. The third-order valence-corrected chi connectivity index (χ3v) is 20.1. The number of hydrogen-bond acceptors (Lipinski definition) is 17. The Kier molecular flexibility index (Phi) is 33.9. The Morgan fingerprint density at radius 3 is 1.85 bits per heavy atom. The van der Waals surface area contributed by atoms with Crippen molar-refractivity contribution in [2.24, 2.45) is 29.6 Å². The van der Waals surface area contributed by atoms with E-state index in [0.29, 0.717) is 48.8 Å². The largest absolute Gasteiger partial charge is 0.480 e.